The number of halogens is 3. The van der Waals surface area contributed by atoms with E-state index in [1.807, 2.05) is 68.7 Å². The van der Waals surface area contributed by atoms with E-state index in [1.165, 1.54) is 12.1 Å². The second-order valence-corrected chi connectivity index (χ2v) is 7.95. The molecule has 0 N–H and O–H groups in total. The molecule has 32 heavy (non-hydrogen) atoms. The number of hydrogen-bond donors (Lipinski definition) is 0. The van der Waals surface area contributed by atoms with Crippen LogP contribution < -0.4 is 10.2 Å². The molecule has 0 heterocycles. The minimum absolute atomic E-state index is 0.583. The Hall–Kier alpha value is -2.99. The van der Waals surface area contributed by atoms with Crippen molar-refractivity contribution in [2.45, 2.75) is 13.3 Å². The van der Waals surface area contributed by atoms with Crippen molar-refractivity contribution in [1.29, 1.82) is 0 Å². The van der Waals surface area contributed by atoms with E-state index in [9.17, 15) is 12.9 Å². The van der Waals surface area contributed by atoms with Gasteiger partial charge in [-0.25, -0.2) is 0 Å². The van der Waals surface area contributed by atoms with Gasteiger partial charge in [-0.15, -0.1) is 5.46 Å². The monoisotopic (exact) mass is 438 g/mol. The molecule has 3 aromatic carbocycles. The first-order chi connectivity index (χ1) is 15.3. The molecule has 0 saturated heterocycles. The molecule has 3 rings (SSSR count). The molecule has 0 fully saturated rings. The normalized spacial score (nSPS) is 12.6. The molecular weight excluding hydrogens is 410 g/mol. The molecule has 0 aliphatic carbocycles. The summed E-state index contributed by atoms with van der Waals surface area (Å²) >= 11 is 0. The van der Waals surface area contributed by atoms with Crippen LogP contribution in [0.1, 0.15) is 30.0 Å². The maximum atomic E-state index is 13.2. The lowest BCUT2D eigenvalue weighted by atomic mass is 9.79. The molecule has 168 valence electrons. The van der Waals surface area contributed by atoms with Crippen molar-refractivity contribution in [3.8, 4) is 5.75 Å². The summed E-state index contributed by atoms with van der Waals surface area (Å²) in [6.07, 6.45) is 0.741. The van der Waals surface area contributed by atoms with Crippen LogP contribution in [0, 0.1) is 0 Å². The smallest absolute Gasteiger partial charge is 0.492 e. The number of ether oxygens (including phenoxy) is 1. The van der Waals surface area contributed by atoms with Crippen molar-refractivity contribution in [3.05, 3.63) is 95.6 Å². The summed E-state index contributed by atoms with van der Waals surface area (Å²) in [5, 5.41) is 0. The van der Waals surface area contributed by atoms with Gasteiger partial charge in [-0.3, -0.25) is 0 Å². The molecule has 0 amide bonds. The molecule has 0 bridgehead atoms. The predicted molar refractivity (Wildman–Crippen MR) is 128 cm³/mol. The number of rotatable bonds is 9. The molecule has 0 atom stereocenters. The van der Waals surface area contributed by atoms with Gasteiger partial charge in [0.25, 0.3) is 0 Å². The summed E-state index contributed by atoms with van der Waals surface area (Å²) in [7, 11) is 3.98. The summed E-state index contributed by atoms with van der Waals surface area (Å²) in [5.41, 5.74) is 4.18. The first kappa shape index (κ1) is 23.7. The van der Waals surface area contributed by atoms with Gasteiger partial charge in [-0.05, 0) is 60.5 Å². The van der Waals surface area contributed by atoms with Gasteiger partial charge in [0.05, 0.1) is 0 Å². The molecule has 0 radical (unpaired) electrons. The molecule has 2 nitrogen and oxygen atoms in total. The summed E-state index contributed by atoms with van der Waals surface area (Å²) in [6.45, 7) is -1.56. The third-order valence-electron chi connectivity index (χ3n) is 5.31. The van der Waals surface area contributed by atoms with Gasteiger partial charge in [-0.1, -0.05) is 73.7 Å². The lowest BCUT2D eigenvalue weighted by Gasteiger charge is -2.19. The van der Waals surface area contributed by atoms with Crippen LogP contribution in [0.2, 0.25) is 0 Å². The number of likely N-dealkylation sites (N-methyl/N-ethyl adjacent to an activating group) is 1. The van der Waals surface area contributed by atoms with E-state index in [1.54, 1.807) is 12.1 Å². The Balaban J connectivity index is 2.04. The summed E-state index contributed by atoms with van der Waals surface area (Å²) in [4.78, 5) is 2.05. The number of allylic oxidation sites excluding steroid dienone is 1. The first-order valence-corrected chi connectivity index (χ1v) is 10.8. The number of nitrogens with zero attached hydrogens (tertiary/aromatic N) is 1. The minimum Gasteiger partial charge on any atom is -0.492 e. The van der Waals surface area contributed by atoms with Crippen LogP contribution >= 0.6 is 0 Å². The van der Waals surface area contributed by atoms with E-state index in [0.717, 1.165) is 46.6 Å². The molecular formula is C26H28BF3NO-. The van der Waals surface area contributed by atoms with Crippen LogP contribution in [0.5, 0.6) is 5.75 Å². The van der Waals surface area contributed by atoms with E-state index in [-0.39, 0.29) is 0 Å². The summed E-state index contributed by atoms with van der Waals surface area (Å²) < 4.78 is 45.3. The Morgan fingerprint density at radius 2 is 1.34 bits per heavy atom. The standard InChI is InChI=1S/C26H28BF3NO/c1-4-25(20-8-6-5-7-9-20)26(21-10-14-23(15-11-21)27(28,29)30)22-12-16-24(17-13-22)32-19-18-31(2)3/h5-17H,4,18-19H2,1-3H3/q-1/b26-25+. The Labute approximate surface area is 188 Å². The van der Waals surface area contributed by atoms with Crippen molar-refractivity contribution in [2.24, 2.45) is 0 Å². The maximum absolute atomic E-state index is 13.2. The van der Waals surface area contributed by atoms with E-state index >= 15 is 0 Å². The summed E-state index contributed by atoms with van der Waals surface area (Å²) in [6, 6.07) is 23.2. The van der Waals surface area contributed by atoms with Crippen LogP contribution in [0.15, 0.2) is 78.9 Å². The average molecular weight is 438 g/mol. The predicted octanol–water partition coefficient (Wildman–Crippen LogP) is 6.05. The highest BCUT2D eigenvalue weighted by Gasteiger charge is 2.25. The van der Waals surface area contributed by atoms with E-state index in [2.05, 4.69) is 11.8 Å². The fourth-order valence-corrected chi connectivity index (χ4v) is 3.61. The average Bonchev–Trinajstić information content (AvgIpc) is 2.78. The minimum atomic E-state index is -5.02. The zero-order valence-corrected chi connectivity index (χ0v) is 18.7. The van der Waals surface area contributed by atoms with Crippen molar-refractivity contribution in [3.63, 3.8) is 0 Å². The molecule has 0 saturated carbocycles. The number of benzene rings is 3. The van der Waals surface area contributed by atoms with Crippen LogP contribution in [0.25, 0.3) is 11.1 Å². The van der Waals surface area contributed by atoms with Crippen LogP contribution in [-0.4, -0.2) is 39.1 Å². The third kappa shape index (κ3) is 6.04. The highest BCUT2D eigenvalue weighted by atomic mass is 19.4. The highest BCUT2D eigenvalue weighted by molar-refractivity contribution is 6.73. The molecule has 3 aromatic rings. The van der Waals surface area contributed by atoms with Gasteiger partial charge < -0.3 is 22.6 Å². The molecule has 6 heteroatoms. The Bertz CT molecular complexity index is 1030. The molecule has 0 spiro atoms. The Morgan fingerprint density at radius 3 is 1.84 bits per heavy atom. The van der Waals surface area contributed by atoms with Gasteiger partial charge in [0.2, 0.25) is 0 Å². The van der Waals surface area contributed by atoms with Crippen molar-refractivity contribution in [1.82, 2.24) is 4.90 Å². The van der Waals surface area contributed by atoms with Gasteiger partial charge >= 0.3 is 6.98 Å². The van der Waals surface area contributed by atoms with Crippen LogP contribution in [0.4, 0.5) is 12.9 Å². The van der Waals surface area contributed by atoms with Crippen molar-refractivity contribution >= 4 is 23.6 Å². The van der Waals surface area contributed by atoms with Crippen LogP contribution in [0.3, 0.4) is 0 Å². The maximum Gasteiger partial charge on any atom is 0.509 e. The van der Waals surface area contributed by atoms with E-state index in [4.69, 9.17) is 4.74 Å². The van der Waals surface area contributed by atoms with Gasteiger partial charge in [0.1, 0.15) is 12.4 Å². The first-order valence-electron chi connectivity index (χ1n) is 10.8. The van der Waals surface area contributed by atoms with Crippen molar-refractivity contribution in [2.75, 3.05) is 27.2 Å². The van der Waals surface area contributed by atoms with Crippen LogP contribution in [-0.2, 0) is 0 Å². The SMILES string of the molecule is CC/C(=C(\c1ccc(OCCN(C)C)cc1)c1ccc([B-](F)(F)F)cc1)c1ccccc1. The summed E-state index contributed by atoms with van der Waals surface area (Å²) in [5.74, 6) is 0.767. The van der Waals surface area contributed by atoms with Gasteiger partial charge in [0.15, 0.2) is 0 Å². The zero-order valence-electron chi connectivity index (χ0n) is 18.7. The molecule has 0 aliphatic rings. The van der Waals surface area contributed by atoms with Crippen molar-refractivity contribution < 1.29 is 17.7 Å². The lowest BCUT2D eigenvalue weighted by Crippen LogP contribution is -2.33. The fourth-order valence-electron chi connectivity index (χ4n) is 3.61. The largest absolute Gasteiger partial charge is 0.509 e. The lowest BCUT2D eigenvalue weighted by molar-refractivity contribution is 0.261. The fraction of sp³-hybridized carbons (Fsp3) is 0.231. The quantitative estimate of drug-likeness (QED) is 0.298. The Kier molecular flexibility index (Phi) is 7.81. The second-order valence-electron chi connectivity index (χ2n) is 7.95. The Morgan fingerprint density at radius 1 is 0.781 bits per heavy atom. The van der Waals surface area contributed by atoms with E-state index in [0.29, 0.717) is 6.61 Å². The third-order valence-corrected chi connectivity index (χ3v) is 5.31. The molecule has 0 aliphatic heterocycles. The topological polar surface area (TPSA) is 12.5 Å². The molecule has 0 unspecified atom stereocenters. The van der Waals surface area contributed by atoms with Gasteiger partial charge in [0, 0.05) is 6.54 Å². The molecule has 0 aromatic heterocycles. The van der Waals surface area contributed by atoms with E-state index < -0.39 is 12.4 Å². The zero-order chi connectivity index (χ0) is 23.1. The van der Waals surface area contributed by atoms with Gasteiger partial charge in [-0.2, -0.15) is 0 Å². The number of hydrogen-bond acceptors (Lipinski definition) is 2. The highest BCUT2D eigenvalue weighted by Crippen LogP contribution is 2.35. The second kappa shape index (κ2) is 10.6.